The third-order valence-electron chi connectivity index (χ3n) is 3.60. The van der Waals surface area contributed by atoms with Gasteiger partial charge in [0.15, 0.2) is 0 Å². The molecule has 0 aliphatic heterocycles. The highest BCUT2D eigenvalue weighted by Crippen LogP contribution is 2.27. The van der Waals surface area contributed by atoms with Crippen LogP contribution in [0.1, 0.15) is 36.0 Å². The van der Waals surface area contributed by atoms with Crippen molar-refractivity contribution >= 4 is 27.5 Å². The highest BCUT2D eigenvalue weighted by Gasteiger charge is 2.27. The molecule has 2 rings (SSSR count). The van der Waals surface area contributed by atoms with Crippen LogP contribution in [0.15, 0.2) is 35.3 Å². The molecule has 1 aromatic carbocycles. The maximum atomic E-state index is 12.6. The second-order valence-electron chi connectivity index (χ2n) is 4.92. The Morgan fingerprint density at radius 2 is 2.16 bits per heavy atom. The Morgan fingerprint density at radius 1 is 1.47 bits per heavy atom. The highest BCUT2D eigenvalue weighted by atomic mass is 79.9. The van der Waals surface area contributed by atoms with Crippen molar-refractivity contribution in [1.29, 1.82) is 0 Å². The van der Waals surface area contributed by atoms with Crippen molar-refractivity contribution in [2.24, 2.45) is 0 Å². The lowest BCUT2D eigenvalue weighted by atomic mass is 10.1. The number of benzene rings is 1. The average Bonchev–Trinajstić information content (AvgIpc) is 2.89. The van der Waals surface area contributed by atoms with Gasteiger partial charge in [-0.25, -0.2) is 0 Å². The normalized spacial score (nSPS) is 15.4. The zero-order chi connectivity index (χ0) is 13.8. The van der Waals surface area contributed by atoms with Gasteiger partial charge in [-0.15, -0.1) is 6.58 Å². The van der Waals surface area contributed by atoms with Crippen LogP contribution in [0.25, 0.3) is 0 Å². The van der Waals surface area contributed by atoms with E-state index in [0.717, 1.165) is 17.3 Å². The number of hydrogen-bond donors (Lipinski definition) is 1. The van der Waals surface area contributed by atoms with Crippen molar-refractivity contribution in [1.82, 2.24) is 4.90 Å². The van der Waals surface area contributed by atoms with Crippen molar-refractivity contribution in [3.05, 3.63) is 40.9 Å². The first-order chi connectivity index (χ1) is 9.13. The minimum atomic E-state index is 0.0109. The Balaban J connectivity index is 2.25. The van der Waals surface area contributed by atoms with Crippen LogP contribution in [-0.2, 0) is 0 Å². The molecule has 0 atom stereocenters. The lowest BCUT2D eigenvalue weighted by molar-refractivity contribution is 0.0707. The molecule has 3 nitrogen and oxygen atoms in total. The molecule has 0 spiro atoms. The first-order valence-corrected chi connectivity index (χ1v) is 7.39. The van der Waals surface area contributed by atoms with Gasteiger partial charge in [-0.1, -0.05) is 34.8 Å². The van der Waals surface area contributed by atoms with E-state index in [1.165, 1.54) is 12.8 Å². The molecule has 19 heavy (non-hydrogen) atoms. The summed E-state index contributed by atoms with van der Waals surface area (Å²) in [4.78, 5) is 14.5. The number of nitrogen functional groups attached to an aromatic ring is 1. The van der Waals surface area contributed by atoms with E-state index in [1.807, 2.05) is 11.0 Å². The SMILES string of the molecule is C=CCN(C(=O)c1ccc(Br)cc1N)C1CCCC1. The molecule has 1 amide bonds. The summed E-state index contributed by atoms with van der Waals surface area (Å²) in [5, 5.41) is 0. The van der Waals surface area contributed by atoms with Gasteiger partial charge in [-0.2, -0.15) is 0 Å². The zero-order valence-electron chi connectivity index (χ0n) is 10.9. The van der Waals surface area contributed by atoms with Gasteiger partial charge in [0.25, 0.3) is 5.91 Å². The maximum Gasteiger partial charge on any atom is 0.256 e. The molecular formula is C15H19BrN2O. The van der Waals surface area contributed by atoms with Gasteiger partial charge >= 0.3 is 0 Å². The third-order valence-corrected chi connectivity index (χ3v) is 4.09. The minimum Gasteiger partial charge on any atom is -0.398 e. The number of nitrogens with two attached hydrogens (primary N) is 1. The molecule has 0 bridgehead atoms. The molecule has 0 radical (unpaired) electrons. The predicted molar refractivity (Wildman–Crippen MR) is 82.0 cm³/mol. The van der Waals surface area contributed by atoms with Gasteiger partial charge in [0, 0.05) is 22.7 Å². The summed E-state index contributed by atoms with van der Waals surface area (Å²) in [5.74, 6) is 0.0109. The fraction of sp³-hybridized carbons (Fsp3) is 0.400. The average molecular weight is 323 g/mol. The Kier molecular flexibility index (Phi) is 4.64. The van der Waals surface area contributed by atoms with Gasteiger partial charge in [-0.05, 0) is 31.0 Å². The molecule has 1 fully saturated rings. The molecule has 1 aliphatic carbocycles. The van der Waals surface area contributed by atoms with E-state index in [1.54, 1.807) is 18.2 Å². The number of carbonyl (C=O) groups excluding carboxylic acids is 1. The standard InChI is InChI=1S/C15H19BrN2O/c1-2-9-18(12-5-3-4-6-12)15(19)13-8-7-11(16)10-14(13)17/h2,7-8,10,12H,1,3-6,9,17H2. The summed E-state index contributed by atoms with van der Waals surface area (Å²) in [6.45, 7) is 4.33. The molecule has 1 aliphatic rings. The highest BCUT2D eigenvalue weighted by molar-refractivity contribution is 9.10. The molecular weight excluding hydrogens is 304 g/mol. The Hall–Kier alpha value is -1.29. The van der Waals surface area contributed by atoms with Crippen LogP contribution in [0.5, 0.6) is 0 Å². The van der Waals surface area contributed by atoms with Crippen molar-refractivity contribution in [3.63, 3.8) is 0 Å². The topological polar surface area (TPSA) is 46.3 Å². The van der Waals surface area contributed by atoms with Gasteiger partial charge in [-0.3, -0.25) is 4.79 Å². The summed E-state index contributed by atoms with van der Waals surface area (Å²) >= 11 is 3.36. The summed E-state index contributed by atoms with van der Waals surface area (Å²) in [6, 6.07) is 5.74. The molecule has 0 unspecified atom stereocenters. The second kappa shape index (κ2) is 6.24. The molecule has 0 aromatic heterocycles. The predicted octanol–water partition coefficient (Wildman–Crippen LogP) is 3.60. The van der Waals surface area contributed by atoms with Crippen LogP contribution < -0.4 is 5.73 Å². The van der Waals surface area contributed by atoms with E-state index in [2.05, 4.69) is 22.5 Å². The molecule has 102 valence electrons. The lowest BCUT2D eigenvalue weighted by Crippen LogP contribution is -2.39. The summed E-state index contributed by atoms with van der Waals surface area (Å²) in [5.41, 5.74) is 7.05. The number of hydrogen-bond acceptors (Lipinski definition) is 2. The van der Waals surface area contributed by atoms with Gasteiger partial charge in [0.05, 0.1) is 5.56 Å². The van der Waals surface area contributed by atoms with Gasteiger partial charge in [0.2, 0.25) is 0 Å². The first-order valence-electron chi connectivity index (χ1n) is 6.60. The number of rotatable bonds is 4. The van der Waals surface area contributed by atoms with E-state index >= 15 is 0 Å². The van der Waals surface area contributed by atoms with Crippen molar-refractivity contribution in [2.75, 3.05) is 12.3 Å². The first kappa shape index (κ1) is 14.1. The van der Waals surface area contributed by atoms with Crippen LogP contribution in [0.4, 0.5) is 5.69 Å². The van der Waals surface area contributed by atoms with E-state index in [0.29, 0.717) is 23.8 Å². The smallest absolute Gasteiger partial charge is 0.256 e. The van der Waals surface area contributed by atoms with Crippen LogP contribution in [0, 0.1) is 0 Å². The summed E-state index contributed by atoms with van der Waals surface area (Å²) in [7, 11) is 0. The van der Waals surface area contributed by atoms with E-state index in [4.69, 9.17) is 5.73 Å². The molecule has 4 heteroatoms. The number of amides is 1. The molecule has 0 heterocycles. The van der Waals surface area contributed by atoms with Crippen molar-refractivity contribution in [3.8, 4) is 0 Å². The molecule has 1 saturated carbocycles. The Labute approximate surface area is 122 Å². The van der Waals surface area contributed by atoms with Gasteiger partial charge in [0.1, 0.15) is 0 Å². The lowest BCUT2D eigenvalue weighted by Gasteiger charge is -2.28. The minimum absolute atomic E-state index is 0.0109. The summed E-state index contributed by atoms with van der Waals surface area (Å²) in [6.07, 6.45) is 6.33. The quantitative estimate of drug-likeness (QED) is 0.680. The largest absolute Gasteiger partial charge is 0.398 e. The number of halogens is 1. The third kappa shape index (κ3) is 3.18. The number of nitrogens with zero attached hydrogens (tertiary/aromatic N) is 1. The van der Waals surface area contributed by atoms with E-state index in [-0.39, 0.29) is 5.91 Å². The fourth-order valence-corrected chi connectivity index (χ4v) is 3.01. The Bertz CT molecular complexity index is 481. The fourth-order valence-electron chi connectivity index (χ4n) is 2.64. The number of anilines is 1. The van der Waals surface area contributed by atoms with Crippen molar-refractivity contribution < 1.29 is 4.79 Å². The van der Waals surface area contributed by atoms with Crippen LogP contribution in [-0.4, -0.2) is 23.4 Å². The zero-order valence-corrected chi connectivity index (χ0v) is 12.5. The monoisotopic (exact) mass is 322 g/mol. The van der Waals surface area contributed by atoms with Crippen molar-refractivity contribution in [2.45, 2.75) is 31.7 Å². The van der Waals surface area contributed by atoms with E-state index in [9.17, 15) is 4.79 Å². The van der Waals surface area contributed by atoms with Crippen LogP contribution in [0.2, 0.25) is 0 Å². The maximum absolute atomic E-state index is 12.6. The molecule has 2 N–H and O–H groups in total. The van der Waals surface area contributed by atoms with Crippen LogP contribution >= 0.6 is 15.9 Å². The van der Waals surface area contributed by atoms with E-state index < -0.39 is 0 Å². The number of carbonyl (C=O) groups is 1. The van der Waals surface area contributed by atoms with Crippen LogP contribution in [0.3, 0.4) is 0 Å². The summed E-state index contributed by atoms with van der Waals surface area (Å²) < 4.78 is 0.887. The van der Waals surface area contributed by atoms with Gasteiger partial charge < -0.3 is 10.6 Å². The second-order valence-corrected chi connectivity index (χ2v) is 5.83. The molecule has 1 aromatic rings. The molecule has 0 saturated heterocycles. The Morgan fingerprint density at radius 3 is 2.74 bits per heavy atom.